The zero-order valence-corrected chi connectivity index (χ0v) is 9.60. The highest BCUT2D eigenvalue weighted by Crippen LogP contribution is 1.97. The molecule has 0 bridgehead atoms. The Hall–Kier alpha value is -0.296. The van der Waals surface area contributed by atoms with Crippen molar-refractivity contribution in [3.8, 4) is 0 Å². The lowest BCUT2D eigenvalue weighted by Crippen LogP contribution is -2.10. The molecule has 0 aliphatic heterocycles. The number of hydrogen-bond donors (Lipinski definition) is 0. The van der Waals surface area contributed by atoms with Crippen LogP contribution < -0.4 is 0 Å². The van der Waals surface area contributed by atoms with Crippen LogP contribution in [0, 0.1) is 0 Å². The van der Waals surface area contributed by atoms with Crippen LogP contribution in [0.4, 0.5) is 0 Å². The molecule has 0 radical (unpaired) electrons. The topological polar surface area (TPSA) is 58.0 Å². The minimum atomic E-state index is -0.846. The quantitative estimate of drug-likeness (QED) is 0.195. The predicted molar refractivity (Wildman–Crippen MR) is 47.5 cm³/mol. The van der Waals surface area contributed by atoms with Gasteiger partial charge in [-0.15, -0.1) is 0 Å². The van der Waals surface area contributed by atoms with E-state index in [1.807, 2.05) is 0 Å². The van der Waals surface area contributed by atoms with Crippen LogP contribution in [0.3, 0.4) is 0 Å². The van der Waals surface area contributed by atoms with Crippen LogP contribution in [0.25, 0.3) is 10.4 Å². The SMILES string of the molecule is C[SiH](CCCN=[N+]=[N-])O[SiH3]. The molecule has 0 saturated carbocycles. The molecule has 0 heterocycles. The van der Waals surface area contributed by atoms with Crippen molar-refractivity contribution in [2.24, 2.45) is 5.11 Å². The molecule has 0 aromatic rings. The standard InChI is InChI=1S/C4H13N3OSi2/c1-10(8-9)4-2-3-6-7-5/h10H,2-4H2,1,9H3. The molecular weight excluding hydrogens is 162 g/mol. The second kappa shape index (κ2) is 6.82. The molecule has 0 aliphatic rings. The third-order valence-electron chi connectivity index (χ3n) is 1.33. The predicted octanol–water partition coefficient (Wildman–Crippen LogP) is 0.337. The average Bonchev–Trinajstić information content (AvgIpc) is 1.98. The van der Waals surface area contributed by atoms with E-state index in [9.17, 15) is 0 Å². The minimum Gasteiger partial charge on any atom is -0.466 e. The number of rotatable bonds is 5. The van der Waals surface area contributed by atoms with E-state index >= 15 is 0 Å². The normalized spacial score (nSPS) is 12.5. The molecule has 58 valence electrons. The van der Waals surface area contributed by atoms with Crippen LogP contribution in [0.2, 0.25) is 12.6 Å². The monoisotopic (exact) mass is 175 g/mol. The molecule has 0 N–H and O–H groups in total. The van der Waals surface area contributed by atoms with Gasteiger partial charge in [-0.05, 0) is 24.5 Å². The van der Waals surface area contributed by atoms with Gasteiger partial charge >= 0.3 is 0 Å². The summed E-state index contributed by atoms with van der Waals surface area (Å²) in [7, 11) is 0.00483. The van der Waals surface area contributed by atoms with E-state index in [0.29, 0.717) is 6.54 Å². The van der Waals surface area contributed by atoms with Gasteiger partial charge in [-0.1, -0.05) is 5.11 Å². The Morgan fingerprint density at radius 3 is 3.00 bits per heavy atom. The fourth-order valence-electron chi connectivity index (χ4n) is 0.612. The third kappa shape index (κ3) is 5.83. The molecular formula is C4H13N3OSi2. The summed E-state index contributed by atoms with van der Waals surface area (Å²) in [5.74, 6) is 0. The zero-order chi connectivity index (χ0) is 7.82. The van der Waals surface area contributed by atoms with Crippen LogP contribution in [-0.2, 0) is 4.12 Å². The summed E-state index contributed by atoms with van der Waals surface area (Å²) in [6.07, 6.45) is 0.986. The van der Waals surface area contributed by atoms with Gasteiger partial charge in [0.1, 0.15) is 10.5 Å². The summed E-state index contributed by atoms with van der Waals surface area (Å²) in [5, 5.41) is 3.44. The summed E-state index contributed by atoms with van der Waals surface area (Å²) in [6.45, 7) is 2.79. The fraction of sp³-hybridized carbons (Fsp3) is 1.00. The highest BCUT2D eigenvalue weighted by atomic mass is 28.3. The maximum Gasteiger partial charge on any atom is 0.159 e. The van der Waals surface area contributed by atoms with Crippen molar-refractivity contribution in [1.29, 1.82) is 0 Å². The van der Waals surface area contributed by atoms with E-state index in [1.165, 1.54) is 0 Å². The largest absolute Gasteiger partial charge is 0.466 e. The summed E-state index contributed by atoms with van der Waals surface area (Å²) in [4.78, 5) is 2.67. The van der Waals surface area contributed by atoms with Gasteiger partial charge in [0.15, 0.2) is 9.04 Å². The molecule has 0 aromatic heterocycles. The lowest BCUT2D eigenvalue weighted by Gasteiger charge is -2.04. The van der Waals surface area contributed by atoms with Gasteiger partial charge < -0.3 is 4.12 Å². The van der Waals surface area contributed by atoms with E-state index in [4.69, 9.17) is 9.65 Å². The van der Waals surface area contributed by atoms with Crippen LogP contribution in [0.5, 0.6) is 0 Å². The van der Waals surface area contributed by atoms with Crippen LogP contribution in [0.15, 0.2) is 5.11 Å². The number of azide groups is 1. The minimum absolute atomic E-state index is 0.624. The van der Waals surface area contributed by atoms with Crippen molar-refractivity contribution < 1.29 is 4.12 Å². The lowest BCUT2D eigenvalue weighted by molar-refractivity contribution is 0.629. The summed E-state index contributed by atoms with van der Waals surface area (Å²) in [6, 6.07) is 1.13. The Kier molecular flexibility index (Phi) is 6.62. The van der Waals surface area contributed by atoms with Gasteiger partial charge in [0.05, 0.1) is 0 Å². The number of nitrogens with zero attached hydrogens (tertiary/aromatic N) is 3. The molecule has 1 atom stereocenters. The van der Waals surface area contributed by atoms with Gasteiger partial charge in [-0.25, -0.2) is 0 Å². The van der Waals surface area contributed by atoms with Gasteiger partial charge in [0, 0.05) is 11.5 Å². The Bertz CT molecular complexity index is 126. The van der Waals surface area contributed by atoms with Crippen molar-refractivity contribution in [3.05, 3.63) is 10.4 Å². The maximum absolute atomic E-state index is 7.93. The van der Waals surface area contributed by atoms with Gasteiger partial charge in [0.2, 0.25) is 0 Å². The van der Waals surface area contributed by atoms with Gasteiger partial charge in [-0.2, -0.15) is 0 Å². The first-order valence-electron chi connectivity index (χ1n) is 3.35. The third-order valence-corrected chi connectivity index (χ3v) is 5.77. The van der Waals surface area contributed by atoms with Crippen molar-refractivity contribution in [3.63, 3.8) is 0 Å². The Balaban J connectivity index is 3.10. The molecule has 1 unspecified atom stereocenters. The molecule has 10 heavy (non-hydrogen) atoms. The second-order valence-corrected chi connectivity index (χ2v) is 6.23. The molecule has 6 heteroatoms. The number of hydrogen-bond acceptors (Lipinski definition) is 2. The highest BCUT2D eigenvalue weighted by molar-refractivity contribution is 6.54. The van der Waals surface area contributed by atoms with Crippen molar-refractivity contribution >= 4 is 19.5 Å². The van der Waals surface area contributed by atoms with Crippen LogP contribution in [0.1, 0.15) is 6.42 Å². The van der Waals surface area contributed by atoms with Crippen molar-refractivity contribution in [1.82, 2.24) is 0 Å². The Morgan fingerprint density at radius 2 is 2.50 bits per heavy atom. The smallest absolute Gasteiger partial charge is 0.159 e. The van der Waals surface area contributed by atoms with E-state index in [1.54, 1.807) is 0 Å². The maximum atomic E-state index is 7.93. The average molecular weight is 175 g/mol. The van der Waals surface area contributed by atoms with Crippen LogP contribution in [-0.4, -0.2) is 26.1 Å². The summed E-state index contributed by atoms with van der Waals surface area (Å²) in [5.41, 5.74) is 7.93. The van der Waals surface area contributed by atoms with Crippen molar-refractivity contribution in [2.45, 2.75) is 19.0 Å². The van der Waals surface area contributed by atoms with E-state index < -0.39 is 9.04 Å². The van der Waals surface area contributed by atoms with E-state index in [2.05, 4.69) is 16.6 Å². The first-order valence-corrected chi connectivity index (χ1v) is 6.60. The molecule has 0 saturated heterocycles. The molecule has 0 aromatic carbocycles. The second-order valence-electron chi connectivity index (χ2n) is 2.14. The molecule has 0 spiro atoms. The first kappa shape index (κ1) is 9.70. The van der Waals surface area contributed by atoms with Crippen LogP contribution >= 0.6 is 0 Å². The molecule has 0 amide bonds. The Labute approximate surface area is 65.5 Å². The fourth-order valence-corrected chi connectivity index (χ4v) is 2.31. The van der Waals surface area contributed by atoms with Gasteiger partial charge in [-0.3, -0.25) is 0 Å². The summed E-state index contributed by atoms with van der Waals surface area (Å²) < 4.78 is 5.27. The first-order chi connectivity index (χ1) is 4.81. The van der Waals surface area contributed by atoms with Crippen molar-refractivity contribution in [2.75, 3.05) is 6.54 Å². The molecule has 0 rings (SSSR count). The summed E-state index contributed by atoms with van der Waals surface area (Å²) >= 11 is 0. The molecule has 4 nitrogen and oxygen atoms in total. The lowest BCUT2D eigenvalue weighted by atomic mass is 10.5. The van der Waals surface area contributed by atoms with E-state index in [-0.39, 0.29) is 0 Å². The highest BCUT2D eigenvalue weighted by Gasteiger charge is 1.98. The zero-order valence-electron chi connectivity index (χ0n) is 6.45. The van der Waals surface area contributed by atoms with E-state index in [0.717, 1.165) is 23.0 Å². The Morgan fingerprint density at radius 1 is 1.80 bits per heavy atom. The van der Waals surface area contributed by atoms with Gasteiger partial charge in [0.25, 0.3) is 0 Å². The molecule has 0 fully saturated rings. The molecule has 0 aliphatic carbocycles.